The van der Waals surface area contributed by atoms with Crippen LogP contribution in [0, 0.1) is 11.8 Å². The largest absolute Gasteiger partial charge is 0.343 e. The number of carbonyl (C=O) groups is 1. The van der Waals surface area contributed by atoms with E-state index in [4.69, 9.17) is 0 Å². The summed E-state index contributed by atoms with van der Waals surface area (Å²) in [4.78, 5) is 22.9. The van der Waals surface area contributed by atoms with E-state index < -0.39 is 15.9 Å². The molecule has 1 atom stereocenters. The number of amides is 1. The van der Waals surface area contributed by atoms with Crippen molar-refractivity contribution in [1.82, 2.24) is 19.7 Å². The van der Waals surface area contributed by atoms with Crippen molar-refractivity contribution in [3.63, 3.8) is 0 Å². The van der Waals surface area contributed by atoms with Crippen LogP contribution in [0.3, 0.4) is 0 Å². The molecule has 2 N–H and O–H groups in total. The van der Waals surface area contributed by atoms with Crippen LogP contribution in [0.1, 0.15) is 30.1 Å². The quantitative estimate of drug-likeness (QED) is 0.859. The fourth-order valence-electron chi connectivity index (χ4n) is 2.42. The molecule has 1 fully saturated rings. The molecule has 0 bridgehead atoms. The molecule has 2 heterocycles. The number of aromatic amines is 1. The Morgan fingerprint density at radius 3 is 2.95 bits per heavy atom. The van der Waals surface area contributed by atoms with E-state index in [2.05, 4.69) is 19.7 Å². The molecule has 21 heavy (non-hydrogen) atoms. The average molecular weight is 308 g/mol. The summed E-state index contributed by atoms with van der Waals surface area (Å²) in [6, 6.07) is 0. The van der Waals surface area contributed by atoms with Gasteiger partial charge in [-0.05, 0) is 24.7 Å². The molecule has 8 heteroatoms. The van der Waals surface area contributed by atoms with Crippen molar-refractivity contribution >= 4 is 27.0 Å². The number of aromatic nitrogens is 3. The highest BCUT2D eigenvalue weighted by atomic mass is 32.2. The van der Waals surface area contributed by atoms with Gasteiger partial charge in [-0.2, -0.15) is 0 Å². The summed E-state index contributed by atoms with van der Waals surface area (Å²) in [5.74, 6) is -0.196. The number of carbonyl (C=O) groups excluding carboxylic acids is 1. The predicted molar refractivity (Wildman–Crippen MR) is 77.0 cm³/mol. The minimum Gasteiger partial charge on any atom is -0.343 e. The predicted octanol–water partition coefficient (Wildman–Crippen LogP) is 1.06. The first-order valence-electron chi connectivity index (χ1n) is 6.78. The summed E-state index contributed by atoms with van der Waals surface area (Å²) in [5, 5.41) is 0. The second-order valence-corrected chi connectivity index (χ2v) is 7.28. The molecule has 112 valence electrons. The lowest BCUT2D eigenvalue weighted by Crippen LogP contribution is -2.35. The molecule has 0 aliphatic heterocycles. The van der Waals surface area contributed by atoms with Crippen molar-refractivity contribution in [2.45, 2.75) is 19.8 Å². The monoisotopic (exact) mass is 308 g/mol. The van der Waals surface area contributed by atoms with Crippen molar-refractivity contribution in [3.8, 4) is 0 Å². The summed E-state index contributed by atoms with van der Waals surface area (Å²) in [7, 11) is -3.65. The first-order valence-corrected chi connectivity index (χ1v) is 8.43. The molecule has 1 amide bonds. The third kappa shape index (κ3) is 3.05. The van der Waals surface area contributed by atoms with Crippen molar-refractivity contribution in [1.29, 1.82) is 0 Å². The Hall–Kier alpha value is -1.96. The van der Waals surface area contributed by atoms with E-state index in [0.29, 0.717) is 17.0 Å². The van der Waals surface area contributed by atoms with Gasteiger partial charge in [0.1, 0.15) is 5.52 Å². The van der Waals surface area contributed by atoms with Crippen LogP contribution >= 0.6 is 0 Å². The number of rotatable bonds is 5. The number of hydrogen-bond donors (Lipinski definition) is 2. The highest BCUT2D eigenvalue weighted by Crippen LogP contribution is 2.37. The van der Waals surface area contributed by atoms with Crippen LogP contribution in [-0.4, -0.2) is 35.0 Å². The fourth-order valence-corrected chi connectivity index (χ4v) is 3.86. The molecule has 2 aromatic heterocycles. The number of fused-ring (bicyclic) bond motifs is 1. The van der Waals surface area contributed by atoms with Crippen LogP contribution in [-0.2, 0) is 10.0 Å². The van der Waals surface area contributed by atoms with E-state index in [9.17, 15) is 13.2 Å². The minimum absolute atomic E-state index is 0.0343. The molecule has 1 saturated carbocycles. The molecule has 0 saturated heterocycles. The zero-order valence-electron chi connectivity index (χ0n) is 11.5. The molecule has 1 aliphatic rings. The number of nitrogens with one attached hydrogen (secondary N) is 2. The molecule has 0 radical (unpaired) electrons. The Kier molecular flexibility index (Phi) is 3.40. The summed E-state index contributed by atoms with van der Waals surface area (Å²) in [6.07, 6.45) is 6.43. The maximum Gasteiger partial charge on any atom is 0.268 e. The lowest BCUT2D eigenvalue weighted by atomic mass is 10.1. The molecule has 2 aromatic rings. The van der Waals surface area contributed by atoms with E-state index in [1.807, 2.05) is 6.92 Å². The Bertz CT molecular complexity index is 780. The highest BCUT2D eigenvalue weighted by molar-refractivity contribution is 7.90. The van der Waals surface area contributed by atoms with E-state index >= 15 is 0 Å². The standard InChI is InChI=1S/C13H16N4O3S/c1-8(9-2-3-9)6-21(19,20)17-13(18)10-4-14-5-11-12(10)16-7-15-11/h4-5,7-9H,2-3,6H2,1H3,(H,15,16)(H,17,18). The summed E-state index contributed by atoms with van der Waals surface area (Å²) >= 11 is 0. The molecule has 1 aliphatic carbocycles. The SMILES string of the molecule is CC(CS(=O)(=O)NC(=O)c1cncc2[nH]cnc12)C1CC1. The maximum absolute atomic E-state index is 12.2. The molecule has 0 spiro atoms. The number of nitrogens with zero attached hydrogens (tertiary/aromatic N) is 2. The Balaban J connectivity index is 1.77. The van der Waals surface area contributed by atoms with Gasteiger partial charge in [0.15, 0.2) is 0 Å². The zero-order valence-corrected chi connectivity index (χ0v) is 12.4. The van der Waals surface area contributed by atoms with Crippen molar-refractivity contribution in [3.05, 3.63) is 24.3 Å². The van der Waals surface area contributed by atoms with Crippen LogP contribution in [0.2, 0.25) is 0 Å². The van der Waals surface area contributed by atoms with Gasteiger partial charge in [-0.3, -0.25) is 9.78 Å². The first kappa shape index (κ1) is 14.0. The van der Waals surface area contributed by atoms with Crippen LogP contribution in [0.5, 0.6) is 0 Å². The van der Waals surface area contributed by atoms with Crippen LogP contribution in [0.4, 0.5) is 0 Å². The van der Waals surface area contributed by atoms with Crippen molar-refractivity contribution < 1.29 is 13.2 Å². The summed E-state index contributed by atoms with van der Waals surface area (Å²) in [6.45, 7) is 1.90. The zero-order chi connectivity index (χ0) is 15.0. The topological polar surface area (TPSA) is 105 Å². The number of H-pyrrole nitrogens is 1. The van der Waals surface area contributed by atoms with Gasteiger partial charge in [0.05, 0.1) is 29.4 Å². The number of hydrogen-bond acceptors (Lipinski definition) is 5. The normalized spacial score (nSPS) is 16.8. The molecule has 1 unspecified atom stereocenters. The second kappa shape index (κ2) is 5.10. The molecule has 7 nitrogen and oxygen atoms in total. The van der Waals surface area contributed by atoms with Gasteiger partial charge >= 0.3 is 0 Å². The van der Waals surface area contributed by atoms with Crippen LogP contribution < -0.4 is 4.72 Å². The fraction of sp³-hybridized carbons (Fsp3) is 0.462. The minimum atomic E-state index is -3.65. The average Bonchev–Trinajstić information content (AvgIpc) is 3.15. The molecule has 0 aromatic carbocycles. The summed E-state index contributed by atoms with van der Waals surface area (Å²) in [5.41, 5.74) is 1.15. The molecular formula is C13H16N4O3S. The van der Waals surface area contributed by atoms with Gasteiger partial charge < -0.3 is 4.98 Å². The van der Waals surface area contributed by atoms with Crippen LogP contribution in [0.15, 0.2) is 18.7 Å². The van der Waals surface area contributed by atoms with Gasteiger partial charge in [0.25, 0.3) is 5.91 Å². The Labute approximate surface area is 122 Å². The van der Waals surface area contributed by atoms with Gasteiger partial charge in [0.2, 0.25) is 10.0 Å². The Morgan fingerprint density at radius 2 is 2.24 bits per heavy atom. The van der Waals surface area contributed by atoms with Crippen LogP contribution in [0.25, 0.3) is 11.0 Å². The first-order chi connectivity index (χ1) is 9.96. The Morgan fingerprint density at radius 1 is 1.48 bits per heavy atom. The lowest BCUT2D eigenvalue weighted by Gasteiger charge is -2.11. The summed E-state index contributed by atoms with van der Waals surface area (Å²) < 4.78 is 26.2. The lowest BCUT2D eigenvalue weighted by molar-refractivity contribution is 0.0982. The smallest absolute Gasteiger partial charge is 0.268 e. The number of imidazole rings is 1. The van der Waals surface area contributed by atoms with E-state index in [1.54, 1.807) is 0 Å². The van der Waals surface area contributed by atoms with E-state index in [0.717, 1.165) is 12.8 Å². The third-order valence-electron chi connectivity index (χ3n) is 3.73. The second-order valence-electron chi connectivity index (χ2n) is 5.51. The van der Waals surface area contributed by atoms with Gasteiger partial charge in [0, 0.05) is 6.20 Å². The molecule has 3 rings (SSSR count). The van der Waals surface area contributed by atoms with E-state index in [-0.39, 0.29) is 17.2 Å². The van der Waals surface area contributed by atoms with Gasteiger partial charge in [-0.15, -0.1) is 0 Å². The number of sulfonamides is 1. The molecular weight excluding hydrogens is 292 g/mol. The maximum atomic E-state index is 12.2. The van der Waals surface area contributed by atoms with E-state index in [1.165, 1.54) is 18.7 Å². The van der Waals surface area contributed by atoms with Gasteiger partial charge in [-0.25, -0.2) is 18.1 Å². The van der Waals surface area contributed by atoms with Gasteiger partial charge in [-0.1, -0.05) is 6.92 Å². The highest BCUT2D eigenvalue weighted by Gasteiger charge is 2.32. The number of pyridine rings is 1. The van der Waals surface area contributed by atoms with Crippen molar-refractivity contribution in [2.24, 2.45) is 11.8 Å². The van der Waals surface area contributed by atoms with Crippen molar-refractivity contribution in [2.75, 3.05) is 5.75 Å². The third-order valence-corrected chi connectivity index (χ3v) is 5.19.